The molecule has 2 unspecified atom stereocenters. The Morgan fingerprint density at radius 1 is 1.00 bits per heavy atom. The van der Waals surface area contributed by atoms with Crippen LogP contribution in [0.2, 0.25) is 0 Å². The van der Waals surface area contributed by atoms with Gasteiger partial charge in [-0.2, -0.15) is 0 Å². The van der Waals surface area contributed by atoms with Crippen molar-refractivity contribution in [2.45, 2.75) is 112 Å². The minimum Gasteiger partial charge on any atom is -0.444 e. The molecule has 0 heterocycles. The number of unbranched alkanes of at least 4 members (excludes halogenated alkanes) is 4. The van der Waals surface area contributed by atoms with Gasteiger partial charge in [0.2, 0.25) is 11.8 Å². The van der Waals surface area contributed by atoms with Crippen molar-refractivity contribution < 1.29 is 19.1 Å². The second-order valence-corrected chi connectivity index (χ2v) is 10.4. The summed E-state index contributed by atoms with van der Waals surface area (Å²) < 4.78 is 5.34. The molecule has 35 heavy (non-hydrogen) atoms. The largest absolute Gasteiger partial charge is 0.444 e. The van der Waals surface area contributed by atoms with Crippen LogP contribution in [0, 0.1) is 13.8 Å². The second-order valence-electron chi connectivity index (χ2n) is 10.4. The number of rotatable bonds is 13. The molecule has 1 aromatic carbocycles. The molecule has 7 heteroatoms. The Bertz CT molecular complexity index is 832. The van der Waals surface area contributed by atoms with Gasteiger partial charge in [-0.1, -0.05) is 63.3 Å². The summed E-state index contributed by atoms with van der Waals surface area (Å²) in [4.78, 5) is 41.3. The van der Waals surface area contributed by atoms with Gasteiger partial charge >= 0.3 is 6.09 Å². The maximum absolute atomic E-state index is 13.7. The van der Waals surface area contributed by atoms with Gasteiger partial charge < -0.3 is 20.3 Å². The van der Waals surface area contributed by atoms with Crippen molar-refractivity contribution in [2.75, 3.05) is 13.1 Å². The third kappa shape index (κ3) is 10.7. The fourth-order valence-corrected chi connectivity index (χ4v) is 3.88. The molecule has 0 aliphatic rings. The van der Waals surface area contributed by atoms with E-state index in [2.05, 4.69) is 24.5 Å². The standard InChI is InChI=1S/C28H47N3O4/c1-9-11-13-17-29-25(32)24(23-19-20(3)15-16-21(23)4)31(18-14-12-10-2)26(33)22(5)30-27(34)35-28(6,7)8/h15-16,19,22,24H,9-14,17-18H2,1-8H3,(H,29,32)(H,30,34). The Morgan fingerprint density at radius 3 is 2.23 bits per heavy atom. The monoisotopic (exact) mass is 489 g/mol. The second kappa shape index (κ2) is 14.7. The lowest BCUT2D eigenvalue weighted by Gasteiger charge is -2.34. The molecule has 198 valence electrons. The molecule has 1 rings (SSSR count). The molecule has 0 aliphatic heterocycles. The van der Waals surface area contributed by atoms with E-state index in [9.17, 15) is 14.4 Å². The first-order chi connectivity index (χ1) is 16.4. The van der Waals surface area contributed by atoms with Gasteiger partial charge in [-0.05, 0) is 65.5 Å². The van der Waals surface area contributed by atoms with E-state index in [1.54, 1.807) is 32.6 Å². The highest BCUT2D eigenvalue weighted by Gasteiger charge is 2.35. The highest BCUT2D eigenvalue weighted by atomic mass is 16.6. The van der Waals surface area contributed by atoms with Gasteiger partial charge in [-0.25, -0.2) is 4.79 Å². The summed E-state index contributed by atoms with van der Waals surface area (Å²) in [6.45, 7) is 16.1. The lowest BCUT2D eigenvalue weighted by Crippen LogP contribution is -2.52. The summed E-state index contributed by atoms with van der Waals surface area (Å²) in [6.07, 6.45) is 5.03. The number of hydrogen-bond donors (Lipinski definition) is 2. The van der Waals surface area contributed by atoms with E-state index < -0.39 is 23.8 Å². The molecule has 0 spiro atoms. The molecule has 0 bridgehead atoms. The van der Waals surface area contributed by atoms with Gasteiger partial charge in [-0.15, -0.1) is 0 Å². The summed E-state index contributed by atoms with van der Waals surface area (Å²) >= 11 is 0. The summed E-state index contributed by atoms with van der Waals surface area (Å²) in [6, 6.07) is 4.36. The number of carbonyl (C=O) groups is 3. The Balaban J connectivity index is 3.32. The first-order valence-corrected chi connectivity index (χ1v) is 13.1. The minimum absolute atomic E-state index is 0.191. The molecule has 0 saturated carbocycles. The smallest absolute Gasteiger partial charge is 0.408 e. The van der Waals surface area contributed by atoms with Crippen molar-refractivity contribution in [2.24, 2.45) is 0 Å². The predicted octanol–water partition coefficient (Wildman–Crippen LogP) is 5.58. The quantitative estimate of drug-likeness (QED) is 0.354. The Morgan fingerprint density at radius 2 is 1.63 bits per heavy atom. The number of nitrogens with one attached hydrogen (secondary N) is 2. The van der Waals surface area contributed by atoms with E-state index in [0.29, 0.717) is 13.1 Å². The van der Waals surface area contributed by atoms with Gasteiger partial charge in [0.05, 0.1) is 0 Å². The minimum atomic E-state index is -0.841. The van der Waals surface area contributed by atoms with Crippen molar-refractivity contribution >= 4 is 17.9 Å². The number of amides is 3. The average Bonchev–Trinajstić information content (AvgIpc) is 2.76. The normalized spacial score (nSPS) is 13.0. The van der Waals surface area contributed by atoms with Gasteiger partial charge in [-0.3, -0.25) is 9.59 Å². The average molecular weight is 490 g/mol. The van der Waals surface area contributed by atoms with Gasteiger partial charge in [0.15, 0.2) is 0 Å². The van der Waals surface area contributed by atoms with E-state index in [1.165, 1.54) is 0 Å². The first-order valence-electron chi connectivity index (χ1n) is 13.1. The van der Waals surface area contributed by atoms with Crippen LogP contribution >= 0.6 is 0 Å². The SMILES string of the molecule is CCCCCNC(=O)C(c1cc(C)ccc1C)N(CCCCC)C(=O)C(C)NC(=O)OC(C)(C)C. The zero-order chi connectivity index (χ0) is 26.6. The predicted molar refractivity (Wildman–Crippen MR) is 141 cm³/mol. The number of aryl methyl sites for hydroxylation is 2. The fraction of sp³-hybridized carbons (Fsp3) is 0.679. The Kier molecular flexibility index (Phi) is 12.8. The number of nitrogens with zero attached hydrogens (tertiary/aromatic N) is 1. The Hall–Kier alpha value is -2.57. The van der Waals surface area contributed by atoms with Crippen molar-refractivity contribution in [1.29, 1.82) is 0 Å². The van der Waals surface area contributed by atoms with Crippen molar-refractivity contribution in [3.63, 3.8) is 0 Å². The summed E-state index contributed by atoms with van der Waals surface area (Å²) in [5.74, 6) is -0.495. The topological polar surface area (TPSA) is 87.7 Å². The first kappa shape index (κ1) is 30.5. The molecular weight excluding hydrogens is 442 g/mol. The third-order valence-corrected chi connectivity index (χ3v) is 5.76. The summed E-state index contributed by atoms with van der Waals surface area (Å²) in [5.41, 5.74) is 2.11. The Labute approximate surface area is 212 Å². The summed E-state index contributed by atoms with van der Waals surface area (Å²) in [5, 5.41) is 5.71. The molecule has 2 atom stereocenters. The summed E-state index contributed by atoms with van der Waals surface area (Å²) in [7, 11) is 0. The lowest BCUT2D eigenvalue weighted by atomic mass is 9.96. The zero-order valence-corrected chi connectivity index (χ0v) is 23.1. The van der Waals surface area contributed by atoms with Gasteiger partial charge in [0, 0.05) is 13.1 Å². The van der Waals surface area contributed by atoms with Crippen LogP contribution in [-0.4, -0.2) is 47.5 Å². The maximum Gasteiger partial charge on any atom is 0.408 e. The van der Waals surface area contributed by atoms with Crippen LogP contribution < -0.4 is 10.6 Å². The van der Waals surface area contributed by atoms with Crippen LogP contribution in [0.1, 0.15) is 103 Å². The molecule has 0 aromatic heterocycles. The highest BCUT2D eigenvalue weighted by molar-refractivity contribution is 5.92. The highest BCUT2D eigenvalue weighted by Crippen LogP contribution is 2.27. The van der Waals surface area contributed by atoms with Crippen LogP contribution in [0.15, 0.2) is 18.2 Å². The van der Waals surface area contributed by atoms with Crippen LogP contribution in [0.3, 0.4) is 0 Å². The van der Waals surface area contributed by atoms with E-state index in [4.69, 9.17) is 4.74 Å². The molecule has 0 saturated heterocycles. The number of carbonyl (C=O) groups excluding carboxylic acids is 3. The molecule has 1 aromatic rings. The molecular formula is C28H47N3O4. The maximum atomic E-state index is 13.7. The molecule has 7 nitrogen and oxygen atoms in total. The molecule has 0 fully saturated rings. The number of ether oxygens (including phenoxy) is 1. The zero-order valence-electron chi connectivity index (χ0n) is 23.1. The van der Waals surface area contributed by atoms with Crippen molar-refractivity contribution in [1.82, 2.24) is 15.5 Å². The fourth-order valence-electron chi connectivity index (χ4n) is 3.88. The van der Waals surface area contributed by atoms with Gasteiger partial charge in [0.1, 0.15) is 17.7 Å². The molecule has 0 radical (unpaired) electrons. The van der Waals surface area contributed by atoms with E-state index >= 15 is 0 Å². The number of alkyl carbamates (subject to hydrolysis) is 1. The van der Waals surface area contributed by atoms with Crippen molar-refractivity contribution in [3.05, 3.63) is 34.9 Å². The number of benzene rings is 1. The number of hydrogen-bond acceptors (Lipinski definition) is 4. The van der Waals surface area contributed by atoms with Crippen molar-refractivity contribution in [3.8, 4) is 0 Å². The molecule has 3 amide bonds. The lowest BCUT2D eigenvalue weighted by molar-refractivity contribution is -0.142. The van der Waals surface area contributed by atoms with Crippen LogP contribution in [-0.2, 0) is 14.3 Å². The van der Waals surface area contributed by atoms with Gasteiger partial charge in [0.25, 0.3) is 0 Å². The van der Waals surface area contributed by atoms with Crippen LogP contribution in [0.4, 0.5) is 4.79 Å². The third-order valence-electron chi connectivity index (χ3n) is 5.76. The van der Waals surface area contributed by atoms with E-state index in [0.717, 1.165) is 55.2 Å². The van der Waals surface area contributed by atoms with E-state index in [-0.39, 0.29) is 11.8 Å². The molecule has 0 aliphatic carbocycles. The molecule has 2 N–H and O–H groups in total. The van der Waals surface area contributed by atoms with Crippen LogP contribution in [0.25, 0.3) is 0 Å². The van der Waals surface area contributed by atoms with Crippen LogP contribution in [0.5, 0.6) is 0 Å². The van der Waals surface area contributed by atoms with E-state index in [1.807, 2.05) is 32.0 Å².